The van der Waals surface area contributed by atoms with Gasteiger partial charge in [-0.2, -0.15) is 0 Å². The van der Waals surface area contributed by atoms with Crippen LogP contribution in [0.15, 0.2) is 18.2 Å². The standard InChI is InChI=1S/C12H13Cl2N3S/c1-2-5-15-7-11-12(16-17-18-11)9-6-8(13)3-4-10(9)14/h3-4,6,15H,2,5,7H2,1H3. The normalized spacial score (nSPS) is 10.8. The lowest BCUT2D eigenvalue weighted by Crippen LogP contribution is -2.13. The van der Waals surface area contributed by atoms with Crippen molar-refractivity contribution in [1.82, 2.24) is 14.9 Å². The monoisotopic (exact) mass is 301 g/mol. The molecule has 0 bridgehead atoms. The highest BCUT2D eigenvalue weighted by molar-refractivity contribution is 7.06. The van der Waals surface area contributed by atoms with E-state index < -0.39 is 0 Å². The Morgan fingerprint density at radius 2 is 2.17 bits per heavy atom. The molecule has 18 heavy (non-hydrogen) atoms. The van der Waals surface area contributed by atoms with Crippen LogP contribution in [0.1, 0.15) is 18.2 Å². The Morgan fingerprint density at radius 1 is 1.33 bits per heavy atom. The SMILES string of the molecule is CCCNCc1snnc1-c1cc(Cl)ccc1Cl. The Labute approximate surface area is 120 Å². The van der Waals surface area contributed by atoms with Gasteiger partial charge in [-0.25, -0.2) is 0 Å². The van der Waals surface area contributed by atoms with Crippen LogP contribution in [0.25, 0.3) is 11.3 Å². The first-order valence-electron chi connectivity index (χ1n) is 5.69. The van der Waals surface area contributed by atoms with Gasteiger partial charge in [0, 0.05) is 17.1 Å². The van der Waals surface area contributed by atoms with Gasteiger partial charge in [0.05, 0.1) is 9.90 Å². The molecule has 0 aliphatic carbocycles. The Kier molecular flexibility index (Phi) is 4.95. The number of hydrogen-bond acceptors (Lipinski definition) is 4. The molecular formula is C12H13Cl2N3S. The average molecular weight is 302 g/mol. The van der Waals surface area contributed by atoms with Gasteiger partial charge in [0.15, 0.2) is 0 Å². The fourth-order valence-electron chi connectivity index (χ4n) is 1.59. The molecular weight excluding hydrogens is 289 g/mol. The molecule has 2 aromatic rings. The molecule has 0 radical (unpaired) electrons. The van der Waals surface area contributed by atoms with Crippen molar-refractivity contribution in [3.8, 4) is 11.3 Å². The third-order valence-electron chi connectivity index (χ3n) is 2.45. The summed E-state index contributed by atoms with van der Waals surface area (Å²) in [5.41, 5.74) is 1.65. The molecule has 1 aromatic heterocycles. The van der Waals surface area contributed by atoms with Crippen LogP contribution in [-0.2, 0) is 6.54 Å². The second-order valence-corrected chi connectivity index (χ2v) is 5.53. The van der Waals surface area contributed by atoms with E-state index in [4.69, 9.17) is 23.2 Å². The van der Waals surface area contributed by atoms with E-state index in [9.17, 15) is 0 Å². The second kappa shape index (κ2) is 6.48. The number of aromatic nitrogens is 2. The van der Waals surface area contributed by atoms with E-state index in [-0.39, 0.29) is 0 Å². The predicted molar refractivity (Wildman–Crippen MR) is 77.4 cm³/mol. The van der Waals surface area contributed by atoms with Crippen LogP contribution in [0.2, 0.25) is 10.0 Å². The maximum atomic E-state index is 6.18. The molecule has 0 atom stereocenters. The summed E-state index contributed by atoms with van der Waals surface area (Å²) in [4.78, 5) is 1.08. The molecule has 0 saturated heterocycles. The largest absolute Gasteiger partial charge is 0.312 e. The minimum atomic E-state index is 0.642. The van der Waals surface area contributed by atoms with Crippen LogP contribution in [0.3, 0.4) is 0 Å². The molecule has 6 heteroatoms. The smallest absolute Gasteiger partial charge is 0.111 e. The van der Waals surface area contributed by atoms with Crippen molar-refractivity contribution in [1.29, 1.82) is 0 Å². The first-order chi connectivity index (χ1) is 8.72. The van der Waals surface area contributed by atoms with Crippen LogP contribution in [0.4, 0.5) is 0 Å². The lowest BCUT2D eigenvalue weighted by atomic mass is 10.1. The van der Waals surface area contributed by atoms with Gasteiger partial charge < -0.3 is 5.32 Å². The second-order valence-electron chi connectivity index (χ2n) is 3.85. The minimum absolute atomic E-state index is 0.642. The number of nitrogens with one attached hydrogen (secondary N) is 1. The number of nitrogens with zero attached hydrogens (tertiary/aromatic N) is 2. The summed E-state index contributed by atoms with van der Waals surface area (Å²) in [6.45, 7) is 3.86. The molecule has 0 amide bonds. The molecule has 3 nitrogen and oxygen atoms in total. The summed E-state index contributed by atoms with van der Waals surface area (Å²) >= 11 is 13.6. The Bertz CT molecular complexity index is 528. The number of halogens is 2. The fourth-order valence-corrected chi connectivity index (χ4v) is 2.59. The van der Waals surface area contributed by atoms with Gasteiger partial charge >= 0.3 is 0 Å². The van der Waals surface area contributed by atoms with Gasteiger partial charge in [-0.15, -0.1) is 5.10 Å². The molecule has 0 spiro atoms. The minimum Gasteiger partial charge on any atom is -0.312 e. The maximum Gasteiger partial charge on any atom is 0.111 e. The van der Waals surface area contributed by atoms with Crippen molar-refractivity contribution in [2.45, 2.75) is 19.9 Å². The van der Waals surface area contributed by atoms with Crippen molar-refractivity contribution in [2.75, 3.05) is 6.54 Å². The topological polar surface area (TPSA) is 37.8 Å². The number of hydrogen-bond donors (Lipinski definition) is 1. The lowest BCUT2D eigenvalue weighted by Gasteiger charge is -2.05. The van der Waals surface area contributed by atoms with Gasteiger partial charge in [0.25, 0.3) is 0 Å². The van der Waals surface area contributed by atoms with Crippen LogP contribution >= 0.6 is 34.7 Å². The summed E-state index contributed by atoms with van der Waals surface area (Å²) in [6, 6.07) is 5.37. The molecule has 1 aromatic carbocycles. The van der Waals surface area contributed by atoms with Gasteiger partial charge in [-0.1, -0.05) is 34.6 Å². The Hall–Kier alpha value is -0.680. The zero-order valence-electron chi connectivity index (χ0n) is 9.91. The van der Waals surface area contributed by atoms with E-state index in [2.05, 4.69) is 21.8 Å². The highest BCUT2D eigenvalue weighted by atomic mass is 35.5. The summed E-state index contributed by atoms with van der Waals surface area (Å²) in [5.74, 6) is 0. The Balaban J connectivity index is 2.27. The molecule has 0 fully saturated rings. The first kappa shape index (κ1) is 13.7. The van der Waals surface area contributed by atoms with E-state index in [0.29, 0.717) is 10.0 Å². The van der Waals surface area contributed by atoms with E-state index in [1.165, 1.54) is 11.5 Å². The average Bonchev–Trinajstić information content (AvgIpc) is 2.81. The van der Waals surface area contributed by atoms with Gasteiger partial charge in [-0.05, 0) is 42.7 Å². The zero-order chi connectivity index (χ0) is 13.0. The molecule has 0 aliphatic heterocycles. The van der Waals surface area contributed by atoms with Gasteiger partial charge in [-0.3, -0.25) is 0 Å². The van der Waals surface area contributed by atoms with Crippen LogP contribution in [0, 0.1) is 0 Å². The van der Waals surface area contributed by atoms with Crippen molar-refractivity contribution in [2.24, 2.45) is 0 Å². The molecule has 0 saturated carbocycles. The highest BCUT2D eigenvalue weighted by Gasteiger charge is 2.13. The third kappa shape index (κ3) is 3.20. The summed E-state index contributed by atoms with van der Waals surface area (Å²) in [5, 5.41) is 8.78. The summed E-state index contributed by atoms with van der Waals surface area (Å²) in [6.07, 6.45) is 1.10. The molecule has 2 rings (SSSR count). The predicted octanol–water partition coefficient (Wildman–Crippen LogP) is 4.01. The molecule has 0 aliphatic rings. The quantitative estimate of drug-likeness (QED) is 0.848. The zero-order valence-corrected chi connectivity index (χ0v) is 12.2. The van der Waals surface area contributed by atoms with Crippen molar-refractivity contribution in [3.63, 3.8) is 0 Å². The summed E-state index contributed by atoms with van der Waals surface area (Å²) < 4.78 is 4.00. The van der Waals surface area contributed by atoms with Crippen LogP contribution in [0.5, 0.6) is 0 Å². The number of benzene rings is 1. The molecule has 0 unspecified atom stereocenters. The van der Waals surface area contributed by atoms with E-state index in [1.807, 2.05) is 6.07 Å². The van der Waals surface area contributed by atoms with Crippen LogP contribution in [-0.4, -0.2) is 16.1 Å². The van der Waals surface area contributed by atoms with Gasteiger partial charge in [0.1, 0.15) is 5.69 Å². The van der Waals surface area contributed by atoms with Crippen molar-refractivity contribution >= 4 is 34.7 Å². The van der Waals surface area contributed by atoms with E-state index in [0.717, 1.165) is 35.6 Å². The third-order valence-corrected chi connectivity index (χ3v) is 3.74. The van der Waals surface area contributed by atoms with Crippen LogP contribution < -0.4 is 5.32 Å². The van der Waals surface area contributed by atoms with Gasteiger partial charge in [0.2, 0.25) is 0 Å². The summed E-state index contributed by atoms with van der Waals surface area (Å²) in [7, 11) is 0. The molecule has 1 heterocycles. The first-order valence-corrected chi connectivity index (χ1v) is 7.22. The molecule has 96 valence electrons. The molecule has 1 N–H and O–H groups in total. The Morgan fingerprint density at radius 3 is 2.94 bits per heavy atom. The fraction of sp³-hybridized carbons (Fsp3) is 0.333. The van der Waals surface area contributed by atoms with E-state index >= 15 is 0 Å². The van der Waals surface area contributed by atoms with Crippen molar-refractivity contribution < 1.29 is 0 Å². The lowest BCUT2D eigenvalue weighted by molar-refractivity contribution is 0.681. The number of rotatable bonds is 5. The maximum absolute atomic E-state index is 6.18. The van der Waals surface area contributed by atoms with Crippen molar-refractivity contribution in [3.05, 3.63) is 33.1 Å². The van der Waals surface area contributed by atoms with E-state index in [1.54, 1.807) is 12.1 Å². The highest BCUT2D eigenvalue weighted by Crippen LogP contribution is 2.32.